The van der Waals surface area contributed by atoms with Crippen molar-refractivity contribution in [2.24, 2.45) is 0 Å². The molecule has 0 bridgehead atoms. The van der Waals surface area contributed by atoms with Gasteiger partial charge in [-0.25, -0.2) is 0 Å². The molecular formula is C15H27N5O. The molecular weight excluding hydrogens is 266 g/mol. The molecule has 21 heavy (non-hydrogen) atoms. The van der Waals surface area contributed by atoms with E-state index in [4.69, 9.17) is 9.51 Å². The smallest absolute Gasteiger partial charge is 0.234 e. The second-order valence-electron chi connectivity index (χ2n) is 6.63. The minimum absolute atomic E-state index is 0.0304. The van der Waals surface area contributed by atoms with Crippen molar-refractivity contribution < 1.29 is 4.52 Å². The molecule has 3 heterocycles. The van der Waals surface area contributed by atoms with Crippen LogP contribution >= 0.6 is 0 Å². The Morgan fingerprint density at radius 2 is 2.24 bits per heavy atom. The Morgan fingerprint density at radius 3 is 2.95 bits per heavy atom. The monoisotopic (exact) mass is 293 g/mol. The summed E-state index contributed by atoms with van der Waals surface area (Å²) < 4.78 is 5.69. The second kappa shape index (κ2) is 6.02. The molecule has 1 aromatic heterocycles. The van der Waals surface area contributed by atoms with E-state index in [9.17, 15) is 0 Å². The maximum atomic E-state index is 5.69. The average Bonchev–Trinajstić information content (AvgIpc) is 3.00. The van der Waals surface area contributed by atoms with Crippen LogP contribution in [0.3, 0.4) is 0 Å². The largest absolute Gasteiger partial charge is 0.339 e. The first-order valence-electron chi connectivity index (χ1n) is 8.08. The lowest BCUT2D eigenvalue weighted by atomic mass is 9.78. The molecule has 2 unspecified atom stereocenters. The normalized spacial score (nSPS) is 32.4. The summed E-state index contributed by atoms with van der Waals surface area (Å²) in [6, 6.07) is 0.242. The number of nitrogens with zero attached hydrogens (tertiary/aromatic N) is 4. The molecule has 0 saturated carbocycles. The van der Waals surface area contributed by atoms with Crippen LogP contribution in [0.1, 0.15) is 43.9 Å². The topological polar surface area (TPSA) is 57.4 Å². The van der Waals surface area contributed by atoms with Crippen LogP contribution in [0.2, 0.25) is 0 Å². The summed E-state index contributed by atoms with van der Waals surface area (Å²) in [4.78, 5) is 9.46. The molecule has 2 aliphatic heterocycles. The van der Waals surface area contributed by atoms with Gasteiger partial charge in [-0.3, -0.25) is 4.90 Å². The van der Waals surface area contributed by atoms with Gasteiger partial charge in [-0.15, -0.1) is 0 Å². The van der Waals surface area contributed by atoms with E-state index in [0.29, 0.717) is 0 Å². The number of hydrogen-bond donors (Lipinski definition) is 1. The third-order valence-electron chi connectivity index (χ3n) is 5.19. The first-order chi connectivity index (χ1) is 10.1. The molecule has 0 aliphatic carbocycles. The lowest BCUT2D eigenvalue weighted by molar-refractivity contribution is 0.108. The van der Waals surface area contributed by atoms with Gasteiger partial charge >= 0.3 is 0 Å². The number of piperidine rings is 1. The molecule has 6 heteroatoms. The molecule has 0 radical (unpaired) electrons. The predicted molar refractivity (Wildman–Crippen MR) is 81.2 cm³/mol. The summed E-state index contributed by atoms with van der Waals surface area (Å²) in [5.74, 6) is 1.67. The second-order valence-corrected chi connectivity index (χ2v) is 6.63. The zero-order chi connectivity index (χ0) is 14.9. The molecule has 2 fully saturated rings. The van der Waals surface area contributed by atoms with Crippen molar-refractivity contribution in [2.75, 3.05) is 46.8 Å². The summed E-state index contributed by atoms with van der Waals surface area (Å²) >= 11 is 0. The van der Waals surface area contributed by atoms with Crippen LogP contribution < -0.4 is 5.32 Å². The van der Waals surface area contributed by atoms with E-state index in [1.807, 2.05) is 0 Å². The minimum Gasteiger partial charge on any atom is -0.339 e. The molecule has 0 amide bonds. The van der Waals surface area contributed by atoms with Gasteiger partial charge in [0.25, 0.3) is 0 Å². The first-order valence-corrected chi connectivity index (χ1v) is 8.08. The van der Waals surface area contributed by atoms with Crippen molar-refractivity contribution >= 4 is 0 Å². The number of piperazine rings is 1. The number of nitrogens with one attached hydrogen (secondary N) is 1. The highest BCUT2D eigenvalue weighted by atomic mass is 16.5. The molecule has 1 N–H and O–H groups in total. The van der Waals surface area contributed by atoms with Crippen LogP contribution in [-0.4, -0.2) is 66.8 Å². The van der Waals surface area contributed by atoms with Crippen LogP contribution in [-0.2, 0) is 5.41 Å². The minimum atomic E-state index is 0.0304. The van der Waals surface area contributed by atoms with E-state index >= 15 is 0 Å². The Bertz CT molecular complexity index is 468. The predicted octanol–water partition coefficient (Wildman–Crippen LogP) is 1.02. The molecule has 118 valence electrons. The van der Waals surface area contributed by atoms with Crippen molar-refractivity contribution in [3.63, 3.8) is 0 Å². The lowest BCUT2D eigenvalue weighted by Crippen LogP contribution is -2.45. The Morgan fingerprint density at radius 1 is 1.38 bits per heavy atom. The fraction of sp³-hybridized carbons (Fsp3) is 0.867. The van der Waals surface area contributed by atoms with E-state index in [1.165, 1.54) is 6.42 Å². The third-order valence-corrected chi connectivity index (χ3v) is 5.19. The average molecular weight is 293 g/mol. The van der Waals surface area contributed by atoms with Gasteiger partial charge in [0, 0.05) is 26.2 Å². The Balaban J connectivity index is 1.82. The summed E-state index contributed by atoms with van der Waals surface area (Å²) in [7, 11) is 4.30. The summed E-state index contributed by atoms with van der Waals surface area (Å²) in [5, 5.41) is 7.79. The van der Waals surface area contributed by atoms with Crippen molar-refractivity contribution in [2.45, 2.75) is 37.6 Å². The lowest BCUT2D eigenvalue weighted by Gasteiger charge is -2.36. The van der Waals surface area contributed by atoms with E-state index in [2.05, 4.69) is 41.3 Å². The molecule has 6 nitrogen and oxygen atoms in total. The summed E-state index contributed by atoms with van der Waals surface area (Å²) in [5.41, 5.74) is 0.0304. The van der Waals surface area contributed by atoms with Crippen molar-refractivity contribution in [3.05, 3.63) is 11.7 Å². The van der Waals surface area contributed by atoms with Gasteiger partial charge in [-0.2, -0.15) is 4.98 Å². The quantitative estimate of drug-likeness (QED) is 0.898. The fourth-order valence-corrected chi connectivity index (χ4v) is 3.48. The summed E-state index contributed by atoms with van der Waals surface area (Å²) in [6.07, 6.45) is 3.36. The Hall–Kier alpha value is -0.980. The number of aromatic nitrogens is 2. The van der Waals surface area contributed by atoms with E-state index < -0.39 is 0 Å². The zero-order valence-electron chi connectivity index (χ0n) is 13.4. The van der Waals surface area contributed by atoms with Crippen molar-refractivity contribution in [1.29, 1.82) is 0 Å². The van der Waals surface area contributed by atoms with E-state index in [0.717, 1.165) is 57.3 Å². The van der Waals surface area contributed by atoms with Crippen LogP contribution in [0.25, 0.3) is 0 Å². The molecule has 2 saturated heterocycles. The van der Waals surface area contributed by atoms with E-state index in [1.54, 1.807) is 0 Å². The third kappa shape index (κ3) is 2.84. The molecule has 0 aromatic carbocycles. The molecule has 1 aromatic rings. The number of hydrogen-bond acceptors (Lipinski definition) is 6. The van der Waals surface area contributed by atoms with Crippen LogP contribution in [0.4, 0.5) is 0 Å². The van der Waals surface area contributed by atoms with Gasteiger partial charge < -0.3 is 14.7 Å². The molecule has 0 spiro atoms. The summed E-state index contributed by atoms with van der Waals surface area (Å²) in [6.45, 7) is 7.38. The van der Waals surface area contributed by atoms with E-state index in [-0.39, 0.29) is 11.5 Å². The number of rotatable bonds is 3. The SMILES string of the molecule is CCC1(c2nc(C3CN(C)CCN3C)no2)CCCNC1. The van der Waals surface area contributed by atoms with Gasteiger partial charge in [0.2, 0.25) is 5.89 Å². The maximum absolute atomic E-state index is 5.69. The molecule has 2 aliphatic rings. The maximum Gasteiger partial charge on any atom is 0.234 e. The Kier molecular flexibility index (Phi) is 4.28. The highest BCUT2D eigenvalue weighted by Gasteiger charge is 2.39. The standard InChI is InChI=1S/C15H27N5O/c1-4-15(6-5-7-16-11-15)14-17-13(18-21-14)12-10-19(2)8-9-20(12)3/h12,16H,4-11H2,1-3H3. The first kappa shape index (κ1) is 14.9. The van der Waals surface area contributed by atoms with Crippen LogP contribution in [0, 0.1) is 0 Å². The van der Waals surface area contributed by atoms with Gasteiger partial charge in [-0.1, -0.05) is 12.1 Å². The van der Waals surface area contributed by atoms with Crippen LogP contribution in [0.5, 0.6) is 0 Å². The zero-order valence-corrected chi connectivity index (χ0v) is 13.4. The van der Waals surface area contributed by atoms with Crippen LogP contribution in [0.15, 0.2) is 4.52 Å². The van der Waals surface area contributed by atoms with Gasteiger partial charge in [-0.05, 0) is 39.9 Å². The van der Waals surface area contributed by atoms with Crippen molar-refractivity contribution in [3.8, 4) is 0 Å². The highest BCUT2D eigenvalue weighted by Crippen LogP contribution is 2.34. The number of likely N-dealkylation sites (N-methyl/N-ethyl adjacent to an activating group) is 2. The highest BCUT2D eigenvalue weighted by molar-refractivity contribution is 5.10. The van der Waals surface area contributed by atoms with Crippen molar-refractivity contribution in [1.82, 2.24) is 25.3 Å². The van der Waals surface area contributed by atoms with Gasteiger partial charge in [0.1, 0.15) is 0 Å². The Labute approximate surface area is 126 Å². The molecule has 3 rings (SSSR count). The van der Waals surface area contributed by atoms with Gasteiger partial charge in [0.05, 0.1) is 11.5 Å². The van der Waals surface area contributed by atoms with Gasteiger partial charge in [0.15, 0.2) is 5.82 Å². The molecule has 2 atom stereocenters. The fourth-order valence-electron chi connectivity index (χ4n) is 3.48.